The first-order chi connectivity index (χ1) is 26.8. The number of aliphatic hydroxyl groups is 1. The van der Waals surface area contributed by atoms with Gasteiger partial charge in [0.2, 0.25) is 0 Å². The lowest BCUT2D eigenvalue weighted by atomic mass is 9.83. The number of nitrogens with zero attached hydrogens (tertiary/aromatic N) is 2. The molecule has 1 aromatic heterocycles. The molecule has 3 N–H and O–H groups in total. The fraction of sp³-hybridized carbons (Fsp3) is 0.267. The van der Waals surface area contributed by atoms with E-state index in [0.717, 1.165) is 53.7 Å². The molecule has 8 rings (SSSR count). The molecule has 1 amide bonds. The number of imidazole rings is 1. The maximum absolute atomic E-state index is 13.5. The minimum absolute atomic E-state index is 0.0587. The Balaban J connectivity index is 1.09. The Kier molecular flexibility index (Phi) is 10.6. The van der Waals surface area contributed by atoms with Gasteiger partial charge in [0, 0.05) is 54.0 Å². The molecule has 0 aliphatic carbocycles. The zero-order valence-corrected chi connectivity index (χ0v) is 30.6. The molecule has 10 nitrogen and oxygen atoms in total. The van der Waals surface area contributed by atoms with Crippen molar-refractivity contribution in [2.24, 2.45) is 0 Å². The molecular weight excluding hydrogens is 693 g/mol. The smallest absolute Gasteiger partial charge is 0.326 e. The summed E-state index contributed by atoms with van der Waals surface area (Å²) in [5.41, 5.74) is 6.75. The molecule has 2 aliphatic rings. The number of aromatic nitrogens is 2. The van der Waals surface area contributed by atoms with Crippen LogP contribution in [0.2, 0.25) is 0 Å². The first-order valence-electron chi connectivity index (χ1n) is 18.8. The summed E-state index contributed by atoms with van der Waals surface area (Å²) < 4.78 is 15.8. The minimum atomic E-state index is -0.788. The summed E-state index contributed by atoms with van der Waals surface area (Å²) in [7, 11) is 0. The van der Waals surface area contributed by atoms with E-state index in [9.17, 15) is 19.5 Å². The van der Waals surface area contributed by atoms with Crippen LogP contribution in [0.4, 0.5) is 5.69 Å². The van der Waals surface area contributed by atoms with Gasteiger partial charge in [0.25, 0.3) is 5.91 Å². The summed E-state index contributed by atoms with van der Waals surface area (Å²) >= 11 is 0. The molecule has 0 spiro atoms. The van der Waals surface area contributed by atoms with Gasteiger partial charge in [0.1, 0.15) is 0 Å². The van der Waals surface area contributed by atoms with Crippen LogP contribution in [0.1, 0.15) is 87.1 Å². The van der Waals surface area contributed by atoms with Gasteiger partial charge in [0.05, 0.1) is 29.8 Å². The van der Waals surface area contributed by atoms with E-state index in [1.165, 1.54) is 6.92 Å². The minimum Gasteiger partial charge on any atom is -0.392 e. The van der Waals surface area contributed by atoms with Crippen molar-refractivity contribution in [1.82, 2.24) is 14.5 Å². The van der Waals surface area contributed by atoms with Gasteiger partial charge in [-0.1, -0.05) is 91.0 Å². The Morgan fingerprint density at radius 3 is 2.25 bits per heavy atom. The number of carbonyl (C=O) groups excluding carboxylic acids is 2. The first-order valence-corrected chi connectivity index (χ1v) is 18.8. The third kappa shape index (κ3) is 7.81. The zero-order valence-electron chi connectivity index (χ0n) is 30.6. The van der Waals surface area contributed by atoms with E-state index in [0.29, 0.717) is 28.9 Å². The number of aromatic amines is 1. The molecule has 2 fully saturated rings. The summed E-state index contributed by atoms with van der Waals surface area (Å²) in [5, 5.41) is 12.7. The number of carbonyl (C=O) groups is 2. The van der Waals surface area contributed by atoms with Gasteiger partial charge < -0.3 is 29.8 Å². The number of para-hydroxylation sites is 2. The van der Waals surface area contributed by atoms with E-state index in [4.69, 9.17) is 9.47 Å². The van der Waals surface area contributed by atoms with Crippen molar-refractivity contribution in [2.45, 2.75) is 56.8 Å². The van der Waals surface area contributed by atoms with Gasteiger partial charge in [-0.25, -0.2) is 4.79 Å². The van der Waals surface area contributed by atoms with Crippen LogP contribution in [0.5, 0.6) is 0 Å². The summed E-state index contributed by atoms with van der Waals surface area (Å²) in [6.07, 6.45) is 0.144. The summed E-state index contributed by atoms with van der Waals surface area (Å²) in [4.78, 5) is 43.9. The van der Waals surface area contributed by atoms with Crippen LogP contribution in [0.15, 0.2) is 132 Å². The van der Waals surface area contributed by atoms with Crippen LogP contribution in [0.25, 0.3) is 11.0 Å². The van der Waals surface area contributed by atoms with Crippen LogP contribution in [-0.2, 0) is 16.1 Å². The van der Waals surface area contributed by atoms with E-state index in [2.05, 4.69) is 27.3 Å². The Morgan fingerprint density at radius 2 is 1.49 bits per heavy atom. The molecule has 55 heavy (non-hydrogen) atoms. The van der Waals surface area contributed by atoms with E-state index >= 15 is 0 Å². The normalized spacial score (nSPS) is 20.7. The molecule has 2 saturated heterocycles. The average Bonchev–Trinajstić information content (AvgIpc) is 3.56. The summed E-state index contributed by atoms with van der Waals surface area (Å²) in [5.74, 6) is -0.570. The van der Waals surface area contributed by atoms with Gasteiger partial charge in [-0.15, -0.1) is 0 Å². The van der Waals surface area contributed by atoms with Crippen LogP contribution in [0.3, 0.4) is 0 Å². The number of Topliss-reactive ketones (excluding diaryl/α,β-unsaturated/α-hetero) is 1. The number of ether oxygens (including phenoxy) is 2. The lowest BCUT2D eigenvalue weighted by molar-refractivity contribution is -0.264. The lowest BCUT2D eigenvalue weighted by Crippen LogP contribution is -2.47. The average molecular weight is 737 g/mol. The highest BCUT2D eigenvalue weighted by Gasteiger charge is 2.43. The quantitative estimate of drug-likeness (QED) is 0.124. The number of likely N-dealkylation sites (tertiary alicyclic amines) is 1. The second-order valence-electron chi connectivity index (χ2n) is 14.5. The van der Waals surface area contributed by atoms with Crippen LogP contribution < -0.4 is 11.0 Å². The topological polar surface area (TPSA) is 126 Å². The molecule has 10 heteroatoms. The highest BCUT2D eigenvalue weighted by atomic mass is 16.7. The van der Waals surface area contributed by atoms with Crippen molar-refractivity contribution < 1.29 is 24.2 Å². The molecule has 2 aliphatic heterocycles. The van der Waals surface area contributed by atoms with E-state index in [1.54, 1.807) is 36.4 Å². The van der Waals surface area contributed by atoms with Crippen molar-refractivity contribution in [2.75, 3.05) is 25.0 Å². The van der Waals surface area contributed by atoms with Crippen LogP contribution in [0, 0.1) is 0 Å². The predicted octanol–water partition coefficient (Wildman–Crippen LogP) is 7.55. The van der Waals surface area contributed by atoms with E-state index < -0.39 is 12.4 Å². The number of hydrogen-bond acceptors (Lipinski definition) is 7. The molecule has 3 heterocycles. The molecule has 5 aromatic carbocycles. The number of ketones is 1. The molecule has 1 unspecified atom stereocenters. The Labute approximate surface area is 319 Å². The number of amides is 1. The van der Waals surface area contributed by atoms with Gasteiger partial charge in [-0.05, 0) is 72.9 Å². The molecule has 0 saturated carbocycles. The van der Waals surface area contributed by atoms with Gasteiger partial charge in [-0.2, -0.15) is 0 Å². The number of fused-ring (bicyclic) bond motifs is 1. The van der Waals surface area contributed by atoms with Crippen LogP contribution in [-0.4, -0.2) is 57.0 Å². The highest BCUT2D eigenvalue weighted by molar-refractivity contribution is 6.05. The van der Waals surface area contributed by atoms with Crippen molar-refractivity contribution in [3.8, 4) is 0 Å². The number of nitrogens with one attached hydrogen (secondary N) is 2. The van der Waals surface area contributed by atoms with Gasteiger partial charge in [-0.3, -0.25) is 14.2 Å². The molecular formula is C45H44N4O6. The molecule has 0 bridgehead atoms. The molecule has 4 atom stereocenters. The molecule has 0 radical (unpaired) electrons. The number of rotatable bonds is 10. The molecule has 280 valence electrons. The van der Waals surface area contributed by atoms with E-state index in [1.807, 2.05) is 83.4 Å². The van der Waals surface area contributed by atoms with Crippen molar-refractivity contribution in [3.05, 3.63) is 171 Å². The summed E-state index contributed by atoms with van der Waals surface area (Å²) in [6.45, 7) is 3.65. The number of piperidine rings is 1. The maximum Gasteiger partial charge on any atom is 0.326 e. The van der Waals surface area contributed by atoms with E-state index in [-0.39, 0.29) is 42.1 Å². The monoisotopic (exact) mass is 736 g/mol. The number of H-pyrrole nitrogens is 1. The SMILES string of the molecule is CC(=O)c1cccc(NC(=O)c2cccc(C3O[C@H](CN4CCC(n5c(=O)[nH]c6ccccc65)CC4)[C@@H](c4ccccc4)[C@H](c4ccc(CO)cc4)O3)c2)c1. The van der Waals surface area contributed by atoms with Gasteiger partial charge in [0.15, 0.2) is 12.1 Å². The highest BCUT2D eigenvalue weighted by Crippen LogP contribution is 2.47. The number of anilines is 1. The largest absolute Gasteiger partial charge is 0.392 e. The Morgan fingerprint density at radius 1 is 0.782 bits per heavy atom. The van der Waals surface area contributed by atoms with Crippen molar-refractivity contribution >= 4 is 28.4 Å². The van der Waals surface area contributed by atoms with Crippen molar-refractivity contribution in [1.29, 1.82) is 0 Å². The summed E-state index contributed by atoms with van der Waals surface area (Å²) in [6, 6.07) is 40.2. The third-order valence-electron chi connectivity index (χ3n) is 10.9. The van der Waals surface area contributed by atoms with Crippen molar-refractivity contribution in [3.63, 3.8) is 0 Å². The number of hydrogen-bond donors (Lipinski definition) is 3. The first kappa shape index (κ1) is 36.3. The maximum atomic E-state index is 13.5. The Bertz CT molecular complexity index is 2350. The second-order valence-corrected chi connectivity index (χ2v) is 14.5. The third-order valence-corrected chi connectivity index (χ3v) is 10.9. The molecule has 6 aromatic rings. The fourth-order valence-electron chi connectivity index (χ4n) is 8.06. The zero-order chi connectivity index (χ0) is 37.9. The second kappa shape index (κ2) is 16.0. The lowest BCUT2D eigenvalue weighted by Gasteiger charge is -2.45. The Hall–Kier alpha value is -5.65. The van der Waals surface area contributed by atoms with Gasteiger partial charge >= 0.3 is 5.69 Å². The predicted molar refractivity (Wildman–Crippen MR) is 211 cm³/mol. The fourth-order valence-corrected chi connectivity index (χ4v) is 8.06. The number of benzene rings is 5. The number of aliphatic hydroxyl groups excluding tert-OH is 1. The van der Waals surface area contributed by atoms with Crippen LogP contribution >= 0.6 is 0 Å². The standard InChI is InChI=1S/C45H44N4O6/c1-29(51)33-11-8-14-36(26-33)46-43(52)34-12-7-13-35(25-34)44-54-40(27-48-23-21-37(22-24-48)49-39-16-6-5-15-38(39)47-45(49)53)41(31-9-3-2-4-10-31)42(55-44)32-19-17-30(28-50)18-20-32/h2-20,25-26,37,40-42,44,50H,21-24,27-28H2,1H3,(H,46,52)(H,47,53)/t40-,41-,42+,44?/m1/s1.